The van der Waals surface area contributed by atoms with Gasteiger partial charge in [-0.05, 0) is 35.9 Å². The third-order valence-electron chi connectivity index (χ3n) is 2.96. The molecule has 3 nitrogen and oxygen atoms in total. The molecule has 1 heterocycles. The number of fused-ring (bicyclic) bond motifs is 1. The number of para-hydroxylation sites is 1. The highest BCUT2D eigenvalue weighted by atomic mass is 19.4. The van der Waals surface area contributed by atoms with Crippen LogP contribution in [0.2, 0.25) is 0 Å². The van der Waals surface area contributed by atoms with Crippen LogP contribution < -0.4 is 9.47 Å². The van der Waals surface area contributed by atoms with E-state index in [0.29, 0.717) is 16.9 Å². The van der Waals surface area contributed by atoms with Gasteiger partial charge < -0.3 is 9.47 Å². The van der Waals surface area contributed by atoms with Crippen molar-refractivity contribution >= 4 is 11.9 Å². The van der Waals surface area contributed by atoms with Crippen molar-refractivity contribution in [1.29, 1.82) is 0 Å². The second kappa shape index (κ2) is 5.22. The van der Waals surface area contributed by atoms with Crippen molar-refractivity contribution in [3.8, 4) is 11.5 Å². The van der Waals surface area contributed by atoms with Crippen molar-refractivity contribution in [2.24, 2.45) is 0 Å². The standard InChI is InChI=1S/C16H9F3O3/c17-16(18,19)22-11-5-3-4-10(8-11)9-14-15(20)12-6-1-2-7-13(12)21-14/h1-9H. The largest absolute Gasteiger partial charge is 0.573 e. The Morgan fingerprint density at radius 1 is 1.05 bits per heavy atom. The van der Waals surface area contributed by atoms with Gasteiger partial charge in [0.15, 0.2) is 5.76 Å². The first-order valence-electron chi connectivity index (χ1n) is 6.31. The van der Waals surface area contributed by atoms with E-state index in [0.717, 1.165) is 0 Å². The molecule has 0 aliphatic carbocycles. The zero-order valence-corrected chi connectivity index (χ0v) is 11.1. The lowest BCUT2D eigenvalue weighted by molar-refractivity contribution is -0.274. The van der Waals surface area contributed by atoms with E-state index in [1.807, 2.05) is 0 Å². The van der Waals surface area contributed by atoms with Gasteiger partial charge in [-0.15, -0.1) is 13.2 Å². The molecule has 0 unspecified atom stereocenters. The van der Waals surface area contributed by atoms with E-state index in [9.17, 15) is 18.0 Å². The quantitative estimate of drug-likeness (QED) is 0.780. The van der Waals surface area contributed by atoms with E-state index in [1.165, 1.54) is 24.3 Å². The molecule has 0 fully saturated rings. The predicted molar refractivity (Wildman–Crippen MR) is 72.5 cm³/mol. The van der Waals surface area contributed by atoms with Crippen LogP contribution in [0, 0.1) is 0 Å². The Hall–Kier alpha value is -2.76. The van der Waals surface area contributed by atoms with Crippen LogP contribution in [0.3, 0.4) is 0 Å². The molecule has 0 bridgehead atoms. The monoisotopic (exact) mass is 306 g/mol. The van der Waals surface area contributed by atoms with Crippen LogP contribution >= 0.6 is 0 Å². The van der Waals surface area contributed by atoms with Gasteiger partial charge in [-0.2, -0.15) is 0 Å². The number of carbonyl (C=O) groups is 1. The van der Waals surface area contributed by atoms with Crippen molar-refractivity contribution in [3.05, 3.63) is 65.4 Å². The number of carbonyl (C=O) groups excluding carboxylic acids is 1. The van der Waals surface area contributed by atoms with Crippen molar-refractivity contribution < 1.29 is 27.4 Å². The lowest BCUT2D eigenvalue weighted by atomic mass is 10.1. The number of allylic oxidation sites excluding steroid dienone is 1. The van der Waals surface area contributed by atoms with Crippen molar-refractivity contribution in [1.82, 2.24) is 0 Å². The summed E-state index contributed by atoms with van der Waals surface area (Å²) in [5.41, 5.74) is 0.800. The second-order valence-electron chi connectivity index (χ2n) is 4.56. The second-order valence-corrected chi connectivity index (χ2v) is 4.56. The molecule has 3 rings (SSSR count). The molecule has 112 valence electrons. The summed E-state index contributed by atoms with van der Waals surface area (Å²) in [4.78, 5) is 12.1. The van der Waals surface area contributed by atoms with E-state index in [4.69, 9.17) is 4.74 Å². The summed E-state index contributed by atoms with van der Waals surface area (Å²) in [6.07, 6.45) is -3.38. The summed E-state index contributed by atoms with van der Waals surface area (Å²) in [7, 11) is 0. The third kappa shape index (κ3) is 2.95. The molecule has 0 N–H and O–H groups in total. The van der Waals surface area contributed by atoms with E-state index in [2.05, 4.69) is 4.74 Å². The first kappa shape index (κ1) is 14.2. The van der Waals surface area contributed by atoms with Gasteiger partial charge in [-0.25, -0.2) is 0 Å². The fourth-order valence-corrected chi connectivity index (χ4v) is 2.09. The lowest BCUT2D eigenvalue weighted by Crippen LogP contribution is -2.17. The molecule has 0 atom stereocenters. The molecule has 2 aromatic carbocycles. The van der Waals surface area contributed by atoms with Gasteiger partial charge in [-0.3, -0.25) is 4.79 Å². The van der Waals surface area contributed by atoms with Crippen LogP contribution in [0.5, 0.6) is 11.5 Å². The van der Waals surface area contributed by atoms with Gasteiger partial charge in [0.1, 0.15) is 11.5 Å². The molecule has 1 aliphatic heterocycles. The summed E-state index contributed by atoms with van der Waals surface area (Å²) in [6, 6.07) is 12.0. The van der Waals surface area contributed by atoms with E-state index >= 15 is 0 Å². The first-order chi connectivity index (χ1) is 10.4. The average Bonchev–Trinajstić information content (AvgIpc) is 2.75. The maximum atomic E-state index is 12.2. The molecule has 22 heavy (non-hydrogen) atoms. The minimum absolute atomic E-state index is 0.0605. The summed E-state index contributed by atoms with van der Waals surface area (Å²) >= 11 is 0. The maximum Gasteiger partial charge on any atom is 0.573 e. The van der Waals surface area contributed by atoms with Gasteiger partial charge in [0.05, 0.1) is 5.56 Å². The molecule has 0 spiro atoms. The zero-order valence-electron chi connectivity index (χ0n) is 11.1. The van der Waals surface area contributed by atoms with Crippen molar-refractivity contribution in [2.45, 2.75) is 6.36 Å². The van der Waals surface area contributed by atoms with Gasteiger partial charge in [0, 0.05) is 0 Å². The Labute approximate surface area is 123 Å². The van der Waals surface area contributed by atoms with Gasteiger partial charge in [0.25, 0.3) is 0 Å². The number of halogens is 3. The minimum atomic E-state index is -4.76. The molecule has 0 saturated heterocycles. The fraction of sp³-hybridized carbons (Fsp3) is 0.0625. The van der Waals surface area contributed by atoms with Crippen LogP contribution in [0.15, 0.2) is 54.3 Å². The van der Waals surface area contributed by atoms with Gasteiger partial charge in [-0.1, -0.05) is 24.3 Å². The normalized spacial score (nSPS) is 15.6. The molecule has 1 aliphatic rings. The van der Waals surface area contributed by atoms with Crippen LogP contribution in [0.1, 0.15) is 15.9 Å². The van der Waals surface area contributed by atoms with Gasteiger partial charge in [0.2, 0.25) is 5.78 Å². The number of Topliss-reactive ketones (excluding diaryl/α,β-unsaturated/α-hetero) is 1. The third-order valence-corrected chi connectivity index (χ3v) is 2.96. The van der Waals surface area contributed by atoms with Crippen LogP contribution in [0.25, 0.3) is 6.08 Å². The molecule has 0 aromatic heterocycles. The first-order valence-corrected chi connectivity index (χ1v) is 6.31. The maximum absolute atomic E-state index is 12.2. The smallest absolute Gasteiger partial charge is 0.452 e. The molecular weight excluding hydrogens is 297 g/mol. The van der Waals surface area contributed by atoms with Gasteiger partial charge >= 0.3 is 6.36 Å². The number of ketones is 1. The highest BCUT2D eigenvalue weighted by Gasteiger charge is 2.31. The summed E-state index contributed by atoms with van der Waals surface area (Å²) < 4.78 is 45.9. The van der Waals surface area contributed by atoms with Crippen molar-refractivity contribution in [3.63, 3.8) is 0 Å². The lowest BCUT2D eigenvalue weighted by Gasteiger charge is -2.09. The Kier molecular flexibility index (Phi) is 3.36. The van der Waals surface area contributed by atoms with Crippen LogP contribution in [-0.2, 0) is 0 Å². The fourth-order valence-electron chi connectivity index (χ4n) is 2.09. The van der Waals surface area contributed by atoms with E-state index in [-0.39, 0.29) is 17.3 Å². The molecule has 6 heteroatoms. The summed E-state index contributed by atoms with van der Waals surface area (Å²) in [5.74, 6) is -0.172. The number of hydrogen-bond donors (Lipinski definition) is 0. The predicted octanol–water partition coefficient (Wildman–Crippen LogP) is 4.20. The number of rotatable bonds is 2. The Bertz CT molecular complexity index is 763. The Balaban J connectivity index is 1.88. The Morgan fingerprint density at radius 2 is 1.82 bits per heavy atom. The number of benzene rings is 2. The van der Waals surface area contributed by atoms with E-state index < -0.39 is 6.36 Å². The highest BCUT2D eigenvalue weighted by molar-refractivity contribution is 6.14. The van der Waals surface area contributed by atoms with Crippen LogP contribution in [-0.4, -0.2) is 12.1 Å². The summed E-state index contributed by atoms with van der Waals surface area (Å²) in [5, 5.41) is 0. The molecule has 0 saturated carbocycles. The number of hydrogen-bond acceptors (Lipinski definition) is 3. The van der Waals surface area contributed by atoms with E-state index in [1.54, 1.807) is 30.3 Å². The SMILES string of the molecule is O=C1C(=Cc2cccc(OC(F)(F)F)c2)Oc2ccccc21. The minimum Gasteiger partial charge on any atom is -0.452 e. The van der Waals surface area contributed by atoms with Crippen molar-refractivity contribution in [2.75, 3.05) is 0 Å². The van der Waals surface area contributed by atoms with Crippen LogP contribution in [0.4, 0.5) is 13.2 Å². The number of ether oxygens (including phenoxy) is 2. The molecular formula is C16H9F3O3. The number of alkyl halides is 3. The molecule has 0 amide bonds. The summed E-state index contributed by atoms with van der Waals surface area (Å²) in [6.45, 7) is 0. The topological polar surface area (TPSA) is 35.5 Å². The molecule has 2 aromatic rings. The molecule has 0 radical (unpaired) electrons. The highest BCUT2D eigenvalue weighted by Crippen LogP contribution is 2.32. The average molecular weight is 306 g/mol. The Morgan fingerprint density at radius 3 is 2.55 bits per heavy atom. The zero-order chi connectivity index (χ0) is 15.7.